The molecule has 1 amide bonds. The van der Waals surface area contributed by atoms with Gasteiger partial charge in [-0.05, 0) is 37.8 Å². The van der Waals surface area contributed by atoms with Gasteiger partial charge in [0.25, 0.3) is 0 Å². The van der Waals surface area contributed by atoms with E-state index in [1.807, 2.05) is 18.2 Å². The number of rotatable bonds is 7. The number of hydrogen-bond donors (Lipinski definition) is 2. The second-order valence-corrected chi connectivity index (χ2v) is 5.31. The van der Waals surface area contributed by atoms with Crippen LogP contribution in [0.3, 0.4) is 0 Å². The van der Waals surface area contributed by atoms with E-state index in [0.717, 1.165) is 29.9 Å². The second-order valence-electron chi connectivity index (χ2n) is 5.31. The molecule has 1 aliphatic rings. The molecule has 0 radical (unpaired) electrons. The van der Waals surface area contributed by atoms with Crippen molar-refractivity contribution in [1.29, 1.82) is 0 Å². The molecule has 0 bridgehead atoms. The second kappa shape index (κ2) is 9.54. The van der Waals surface area contributed by atoms with E-state index in [4.69, 9.17) is 15.2 Å². The minimum absolute atomic E-state index is 0. The Hall–Kier alpha value is -1.46. The normalized spacial score (nSPS) is 14.3. The predicted molar refractivity (Wildman–Crippen MR) is 88.6 cm³/mol. The van der Waals surface area contributed by atoms with E-state index >= 15 is 0 Å². The lowest BCUT2D eigenvalue weighted by atomic mass is 10.1. The average Bonchev–Trinajstić information content (AvgIpc) is 2.99. The van der Waals surface area contributed by atoms with Crippen LogP contribution in [0.25, 0.3) is 0 Å². The molecular weight excluding hydrogens is 304 g/mol. The Balaban J connectivity index is 0.00000242. The molecular formula is C16H25ClN2O3. The number of hydrogen-bond acceptors (Lipinski definition) is 4. The summed E-state index contributed by atoms with van der Waals surface area (Å²) < 4.78 is 11.3. The number of methoxy groups -OCH3 is 1. The molecule has 1 aromatic rings. The number of nitrogens with one attached hydrogen (secondary N) is 1. The van der Waals surface area contributed by atoms with Crippen LogP contribution in [0, 0.1) is 0 Å². The molecule has 0 saturated heterocycles. The van der Waals surface area contributed by atoms with E-state index in [1.165, 1.54) is 12.8 Å². The van der Waals surface area contributed by atoms with Gasteiger partial charge in [0.2, 0.25) is 5.91 Å². The average molecular weight is 329 g/mol. The largest absolute Gasteiger partial charge is 0.497 e. The molecule has 22 heavy (non-hydrogen) atoms. The van der Waals surface area contributed by atoms with Crippen molar-refractivity contribution in [2.45, 2.75) is 44.8 Å². The van der Waals surface area contributed by atoms with Crippen LogP contribution >= 0.6 is 12.4 Å². The van der Waals surface area contributed by atoms with Crippen LogP contribution in [-0.4, -0.2) is 25.7 Å². The quantitative estimate of drug-likeness (QED) is 0.806. The molecule has 1 fully saturated rings. The maximum atomic E-state index is 11.5. The molecule has 124 valence electrons. The Morgan fingerprint density at radius 2 is 2.09 bits per heavy atom. The van der Waals surface area contributed by atoms with E-state index in [-0.39, 0.29) is 24.4 Å². The Kier molecular flexibility index (Phi) is 8.06. The number of ether oxygens (including phenoxy) is 2. The number of amides is 1. The van der Waals surface area contributed by atoms with Gasteiger partial charge in [0.15, 0.2) is 0 Å². The standard InChI is InChI=1S/C16H24N2O3.ClH/c1-20-14-7-6-12(11-18-16(19)8-9-17)15(10-14)21-13-4-2-3-5-13;/h6-7,10,13H,2-5,8-9,11,17H2,1H3,(H,18,19);1H. The number of halogens is 1. The highest BCUT2D eigenvalue weighted by molar-refractivity contribution is 5.85. The summed E-state index contributed by atoms with van der Waals surface area (Å²) in [4.78, 5) is 11.5. The summed E-state index contributed by atoms with van der Waals surface area (Å²) in [5.74, 6) is 1.52. The van der Waals surface area contributed by atoms with Gasteiger partial charge in [-0.2, -0.15) is 0 Å². The highest BCUT2D eigenvalue weighted by atomic mass is 35.5. The summed E-state index contributed by atoms with van der Waals surface area (Å²) in [6.45, 7) is 0.810. The Bertz CT molecular complexity index is 476. The van der Waals surface area contributed by atoms with Crippen LogP contribution in [0.5, 0.6) is 11.5 Å². The van der Waals surface area contributed by atoms with E-state index in [9.17, 15) is 4.79 Å². The minimum atomic E-state index is -0.0415. The third-order valence-corrected chi connectivity index (χ3v) is 3.72. The van der Waals surface area contributed by atoms with Crippen molar-refractivity contribution < 1.29 is 14.3 Å². The summed E-state index contributed by atoms with van der Waals surface area (Å²) in [7, 11) is 1.64. The monoisotopic (exact) mass is 328 g/mol. The Morgan fingerprint density at radius 3 is 2.73 bits per heavy atom. The highest BCUT2D eigenvalue weighted by Crippen LogP contribution is 2.29. The lowest BCUT2D eigenvalue weighted by Crippen LogP contribution is -2.25. The van der Waals surface area contributed by atoms with E-state index in [2.05, 4.69) is 5.32 Å². The SMILES string of the molecule is COc1ccc(CNC(=O)CCN)c(OC2CCCC2)c1.Cl. The molecule has 6 heteroatoms. The highest BCUT2D eigenvalue weighted by Gasteiger charge is 2.18. The van der Waals surface area contributed by atoms with E-state index < -0.39 is 0 Å². The molecule has 1 aliphatic carbocycles. The van der Waals surface area contributed by atoms with Crippen molar-refractivity contribution in [3.63, 3.8) is 0 Å². The van der Waals surface area contributed by atoms with Gasteiger partial charge < -0.3 is 20.5 Å². The molecule has 0 atom stereocenters. The molecule has 1 saturated carbocycles. The molecule has 2 rings (SSSR count). The third kappa shape index (κ3) is 5.39. The van der Waals surface area contributed by atoms with Gasteiger partial charge in [0.05, 0.1) is 13.2 Å². The number of carbonyl (C=O) groups is 1. The summed E-state index contributed by atoms with van der Waals surface area (Å²) in [5.41, 5.74) is 6.34. The van der Waals surface area contributed by atoms with Crippen molar-refractivity contribution >= 4 is 18.3 Å². The minimum Gasteiger partial charge on any atom is -0.497 e. The lowest BCUT2D eigenvalue weighted by Gasteiger charge is -2.18. The zero-order chi connectivity index (χ0) is 15.1. The van der Waals surface area contributed by atoms with Gasteiger partial charge in [-0.25, -0.2) is 0 Å². The molecule has 0 spiro atoms. The Labute approximate surface area is 138 Å². The van der Waals surface area contributed by atoms with Gasteiger partial charge in [-0.1, -0.05) is 0 Å². The van der Waals surface area contributed by atoms with Gasteiger partial charge >= 0.3 is 0 Å². The maximum Gasteiger partial charge on any atom is 0.221 e. The molecule has 0 aromatic heterocycles. The van der Waals surface area contributed by atoms with Crippen molar-refractivity contribution in [1.82, 2.24) is 5.32 Å². The third-order valence-electron chi connectivity index (χ3n) is 3.72. The summed E-state index contributed by atoms with van der Waals surface area (Å²) >= 11 is 0. The number of nitrogens with two attached hydrogens (primary N) is 1. The zero-order valence-electron chi connectivity index (χ0n) is 13.0. The summed E-state index contributed by atoms with van der Waals surface area (Å²) in [5, 5.41) is 2.86. The van der Waals surface area contributed by atoms with E-state index in [0.29, 0.717) is 19.5 Å². The van der Waals surface area contributed by atoms with Gasteiger partial charge in [0.1, 0.15) is 11.5 Å². The fourth-order valence-electron chi connectivity index (χ4n) is 2.52. The summed E-state index contributed by atoms with van der Waals surface area (Å²) in [6, 6.07) is 5.71. The summed E-state index contributed by atoms with van der Waals surface area (Å²) in [6.07, 6.45) is 5.24. The van der Waals surface area contributed by atoms with Gasteiger partial charge in [-0.15, -0.1) is 12.4 Å². The van der Waals surface area contributed by atoms with Crippen LogP contribution < -0.4 is 20.5 Å². The molecule has 5 nitrogen and oxygen atoms in total. The fraction of sp³-hybridized carbons (Fsp3) is 0.562. The number of carbonyl (C=O) groups excluding carboxylic acids is 1. The van der Waals surface area contributed by atoms with Crippen LogP contribution in [0.4, 0.5) is 0 Å². The first-order chi connectivity index (χ1) is 10.2. The fourth-order valence-corrected chi connectivity index (χ4v) is 2.52. The Morgan fingerprint density at radius 1 is 1.36 bits per heavy atom. The first kappa shape index (κ1) is 18.6. The van der Waals surface area contributed by atoms with Crippen molar-refractivity contribution in [3.8, 4) is 11.5 Å². The topological polar surface area (TPSA) is 73.6 Å². The number of benzene rings is 1. The first-order valence-electron chi connectivity index (χ1n) is 7.53. The van der Waals surface area contributed by atoms with E-state index in [1.54, 1.807) is 7.11 Å². The molecule has 0 aliphatic heterocycles. The molecule has 1 aromatic carbocycles. The molecule has 0 unspecified atom stereocenters. The van der Waals surface area contributed by atoms with Crippen molar-refractivity contribution in [2.24, 2.45) is 5.73 Å². The predicted octanol–water partition coefficient (Wildman–Crippen LogP) is 2.40. The van der Waals surface area contributed by atoms with Crippen LogP contribution in [0.2, 0.25) is 0 Å². The van der Waals surface area contributed by atoms with Crippen molar-refractivity contribution in [3.05, 3.63) is 23.8 Å². The molecule has 0 heterocycles. The van der Waals surface area contributed by atoms with Crippen LogP contribution in [0.15, 0.2) is 18.2 Å². The maximum absolute atomic E-state index is 11.5. The first-order valence-corrected chi connectivity index (χ1v) is 7.53. The van der Waals surface area contributed by atoms with Crippen LogP contribution in [-0.2, 0) is 11.3 Å². The molecule has 3 N–H and O–H groups in total. The lowest BCUT2D eigenvalue weighted by molar-refractivity contribution is -0.121. The van der Waals surface area contributed by atoms with Gasteiger partial charge in [-0.3, -0.25) is 4.79 Å². The zero-order valence-corrected chi connectivity index (χ0v) is 13.8. The van der Waals surface area contributed by atoms with Gasteiger partial charge in [0, 0.05) is 31.1 Å². The van der Waals surface area contributed by atoms with Crippen LogP contribution in [0.1, 0.15) is 37.7 Å². The van der Waals surface area contributed by atoms with Crippen molar-refractivity contribution in [2.75, 3.05) is 13.7 Å². The smallest absolute Gasteiger partial charge is 0.221 e.